The van der Waals surface area contributed by atoms with Crippen LogP contribution in [0.25, 0.3) is 11.1 Å². The first-order chi connectivity index (χ1) is 11.4. The molecule has 0 aromatic heterocycles. The molecule has 1 heterocycles. The molecular formula is C17H14F3N3O. The van der Waals surface area contributed by atoms with Crippen LogP contribution in [0.5, 0.6) is 0 Å². The molecule has 0 radical (unpaired) electrons. The van der Waals surface area contributed by atoms with Crippen LogP contribution in [0, 0.1) is 0 Å². The quantitative estimate of drug-likeness (QED) is 0.938. The number of carbonyl (C=O) groups is 1. The number of aliphatic imine (C=N–C) groups is 1. The van der Waals surface area contributed by atoms with Crippen LogP contribution in [0.2, 0.25) is 0 Å². The molecule has 3 rings (SSSR count). The van der Waals surface area contributed by atoms with Crippen molar-refractivity contribution in [3.63, 3.8) is 0 Å². The number of amidine groups is 1. The zero-order valence-electron chi connectivity index (χ0n) is 12.5. The van der Waals surface area contributed by atoms with E-state index in [0.717, 1.165) is 11.1 Å². The molecule has 124 valence electrons. The highest BCUT2D eigenvalue weighted by Crippen LogP contribution is 2.20. The van der Waals surface area contributed by atoms with Crippen LogP contribution in [0.1, 0.15) is 5.56 Å². The number of hydrogen-bond donors (Lipinski definition) is 1. The first kappa shape index (κ1) is 16.0. The molecule has 0 unspecified atom stereocenters. The molecular weight excluding hydrogens is 319 g/mol. The van der Waals surface area contributed by atoms with Crippen LogP contribution in [0.4, 0.5) is 13.2 Å². The number of hydrazine groups is 1. The molecule has 2 aromatic rings. The molecule has 0 spiro atoms. The van der Waals surface area contributed by atoms with E-state index in [4.69, 9.17) is 0 Å². The molecule has 4 nitrogen and oxygen atoms in total. The molecule has 1 aliphatic heterocycles. The smallest absolute Gasteiger partial charge is 0.279 e. The highest BCUT2D eigenvalue weighted by atomic mass is 19.4. The Hall–Kier alpha value is -2.83. The molecule has 24 heavy (non-hydrogen) atoms. The van der Waals surface area contributed by atoms with Crippen molar-refractivity contribution in [2.24, 2.45) is 4.99 Å². The highest BCUT2D eigenvalue weighted by Gasteiger charge is 2.35. The van der Waals surface area contributed by atoms with Gasteiger partial charge in [-0.3, -0.25) is 15.2 Å². The monoisotopic (exact) mass is 333 g/mol. The molecule has 0 saturated heterocycles. The van der Waals surface area contributed by atoms with Crippen LogP contribution in [0.3, 0.4) is 0 Å². The van der Waals surface area contributed by atoms with Gasteiger partial charge in [0.1, 0.15) is 18.9 Å². The van der Waals surface area contributed by atoms with Crippen LogP contribution >= 0.6 is 0 Å². The summed E-state index contributed by atoms with van der Waals surface area (Å²) < 4.78 is 37.5. The second-order valence-electron chi connectivity index (χ2n) is 5.32. The predicted molar refractivity (Wildman–Crippen MR) is 84.2 cm³/mol. The van der Waals surface area contributed by atoms with Crippen LogP contribution in [-0.4, -0.2) is 36.0 Å². The molecule has 1 aliphatic rings. The molecule has 0 bridgehead atoms. The Morgan fingerprint density at radius 1 is 0.958 bits per heavy atom. The van der Waals surface area contributed by atoms with Gasteiger partial charge in [0.25, 0.3) is 5.91 Å². The molecule has 1 N–H and O–H groups in total. The number of amides is 1. The molecule has 0 saturated carbocycles. The van der Waals surface area contributed by atoms with E-state index in [-0.39, 0.29) is 12.4 Å². The van der Waals surface area contributed by atoms with Gasteiger partial charge in [0.05, 0.1) is 0 Å². The van der Waals surface area contributed by atoms with Gasteiger partial charge in [0.2, 0.25) is 0 Å². The minimum absolute atomic E-state index is 0.249. The van der Waals surface area contributed by atoms with Crippen molar-refractivity contribution >= 4 is 11.7 Å². The fraction of sp³-hybridized carbons (Fsp3) is 0.176. The van der Waals surface area contributed by atoms with Crippen molar-refractivity contribution in [1.29, 1.82) is 0 Å². The summed E-state index contributed by atoms with van der Waals surface area (Å²) in [7, 11) is 0. The Bertz CT molecular complexity index is 755. The number of rotatable bonds is 3. The summed E-state index contributed by atoms with van der Waals surface area (Å²) in [5.74, 6) is -0.463. The Kier molecular flexibility index (Phi) is 4.24. The fourth-order valence-corrected chi connectivity index (χ4v) is 2.37. The lowest BCUT2D eigenvalue weighted by atomic mass is 10.0. The zero-order chi connectivity index (χ0) is 17.2. The van der Waals surface area contributed by atoms with Gasteiger partial charge in [-0.05, 0) is 11.1 Å². The maximum atomic E-state index is 12.5. The number of carbonyl (C=O) groups excluding carboxylic acids is 1. The van der Waals surface area contributed by atoms with E-state index in [1.165, 1.54) is 0 Å². The SMILES string of the molecule is O=C1CN=C(c2ccc(-c3ccccc3)cc2)NN1CC(F)(F)F. The Balaban J connectivity index is 1.78. The highest BCUT2D eigenvalue weighted by molar-refractivity contribution is 6.02. The topological polar surface area (TPSA) is 44.7 Å². The van der Waals surface area contributed by atoms with Crippen LogP contribution in [-0.2, 0) is 4.79 Å². The Morgan fingerprint density at radius 2 is 1.54 bits per heavy atom. The molecule has 0 atom stereocenters. The van der Waals surface area contributed by atoms with Crippen LogP contribution < -0.4 is 5.43 Å². The van der Waals surface area contributed by atoms with E-state index in [1.54, 1.807) is 12.1 Å². The van der Waals surface area contributed by atoms with Crippen molar-refractivity contribution in [2.45, 2.75) is 6.18 Å². The second kappa shape index (κ2) is 6.35. The summed E-state index contributed by atoms with van der Waals surface area (Å²) in [5.41, 5.74) is 5.09. The second-order valence-corrected chi connectivity index (χ2v) is 5.32. The Morgan fingerprint density at radius 3 is 2.17 bits per heavy atom. The first-order valence-corrected chi connectivity index (χ1v) is 7.26. The van der Waals surface area contributed by atoms with Crippen molar-refractivity contribution in [3.05, 3.63) is 60.2 Å². The van der Waals surface area contributed by atoms with Gasteiger partial charge in [0, 0.05) is 5.56 Å². The lowest BCUT2D eigenvalue weighted by Crippen LogP contribution is -2.54. The Labute approximate surface area is 136 Å². The van der Waals surface area contributed by atoms with Gasteiger partial charge < -0.3 is 0 Å². The molecule has 2 aromatic carbocycles. The third-order valence-corrected chi connectivity index (χ3v) is 3.52. The standard InChI is InChI=1S/C17H14F3N3O/c18-17(19,20)11-23-15(24)10-21-16(22-23)14-8-6-13(7-9-14)12-4-2-1-3-5-12/h1-9H,10-11H2,(H,21,22). The maximum absolute atomic E-state index is 12.5. The fourth-order valence-electron chi connectivity index (χ4n) is 2.37. The lowest BCUT2D eigenvalue weighted by Gasteiger charge is -2.29. The number of benzene rings is 2. The summed E-state index contributed by atoms with van der Waals surface area (Å²) in [4.78, 5) is 15.6. The molecule has 0 fully saturated rings. The first-order valence-electron chi connectivity index (χ1n) is 7.26. The number of nitrogens with one attached hydrogen (secondary N) is 1. The number of alkyl halides is 3. The van der Waals surface area contributed by atoms with E-state index < -0.39 is 18.6 Å². The van der Waals surface area contributed by atoms with E-state index in [9.17, 15) is 18.0 Å². The minimum atomic E-state index is -4.47. The minimum Gasteiger partial charge on any atom is -0.279 e. The lowest BCUT2D eigenvalue weighted by molar-refractivity contribution is -0.164. The summed E-state index contributed by atoms with van der Waals surface area (Å²) in [6.07, 6.45) is -4.47. The van der Waals surface area contributed by atoms with Crippen molar-refractivity contribution in [3.8, 4) is 11.1 Å². The van der Waals surface area contributed by atoms with E-state index >= 15 is 0 Å². The van der Waals surface area contributed by atoms with Crippen LogP contribution in [0.15, 0.2) is 59.6 Å². The van der Waals surface area contributed by atoms with Gasteiger partial charge in [-0.25, -0.2) is 5.01 Å². The van der Waals surface area contributed by atoms with Gasteiger partial charge in [-0.2, -0.15) is 13.2 Å². The van der Waals surface area contributed by atoms with E-state index in [0.29, 0.717) is 10.6 Å². The van der Waals surface area contributed by atoms with Gasteiger partial charge in [-0.15, -0.1) is 0 Å². The van der Waals surface area contributed by atoms with Gasteiger partial charge in [-0.1, -0.05) is 54.6 Å². The maximum Gasteiger partial charge on any atom is 0.408 e. The molecule has 0 aliphatic carbocycles. The number of hydrogen-bond acceptors (Lipinski definition) is 3. The zero-order valence-corrected chi connectivity index (χ0v) is 12.5. The van der Waals surface area contributed by atoms with Crippen molar-refractivity contribution in [1.82, 2.24) is 10.4 Å². The third-order valence-electron chi connectivity index (χ3n) is 3.52. The summed E-state index contributed by atoms with van der Waals surface area (Å²) >= 11 is 0. The van der Waals surface area contributed by atoms with E-state index in [2.05, 4.69) is 10.4 Å². The summed E-state index contributed by atoms with van der Waals surface area (Å²) in [6.45, 7) is -1.66. The average Bonchev–Trinajstić information content (AvgIpc) is 2.57. The van der Waals surface area contributed by atoms with Gasteiger partial charge >= 0.3 is 6.18 Å². The van der Waals surface area contributed by atoms with Crippen molar-refractivity contribution in [2.75, 3.05) is 13.1 Å². The number of nitrogens with zero attached hydrogens (tertiary/aromatic N) is 2. The predicted octanol–water partition coefficient (Wildman–Crippen LogP) is 3.01. The molecule has 7 heteroatoms. The molecule has 1 amide bonds. The van der Waals surface area contributed by atoms with Crippen molar-refractivity contribution < 1.29 is 18.0 Å². The number of halogens is 3. The van der Waals surface area contributed by atoms with E-state index in [1.807, 2.05) is 42.5 Å². The third kappa shape index (κ3) is 3.73. The van der Waals surface area contributed by atoms with Gasteiger partial charge in [0.15, 0.2) is 0 Å². The normalized spacial score (nSPS) is 15.0. The summed E-state index contributed by atoms with van der Waals surface area (Å²) in [6, 6.07) is 17.0. The largest absolute Gasteiger partial charge is 0.408 e. The summed E-state index contributed by atoms with van der Waals surface area (Å²) in [5, 5.41) is 0.549. The average molecular weight is 333 g/mol.